The Kier molecular flexibility index (Phi) is 6.89. The Labute approximate surface area is 165 Å². The van der Waals surface area contributed by atoms with E-state index < -0.39 is 64.6 Å². The predicted molar refractivity (Wildman–Crippen MR) is 94.4 cm³/mol. The van der Waals surface area contributed by atoms with Crippen LogP contribution < -0.4 is 0 Å². The number of hydrogen-bond acceptors (Lipinski definition) is 5. The summed E-state index contributed by atoms with van der Waals surface area (Å²) in [5, 5.41) is 8.98. The van der Waals surface area contributed by atoms with Gasteiger partial charge in [-0.2, -0.15) is 0 Å². The molecule has 0 bridgehead atoms. The lowest BCUT2D eigenvalue weighted by molar-refractivity contribution is -0.0253. The van der Waals surface area contributed by atoms with Crippen LogP contribution in [0.2, 0.25) is 0 Å². The molecule has 1 aromatic carbocycles. The monoisotopic (exact) mass is 417 g/mol. The van der Waals surface area contributed by atoms with Crippen molar-refractivity contribution >= 4 is 17.8 Å². The van der Waals surface area contributed by atoms with Crippen molar-refractivity contribution in [2.45, 2.75) is 45.3 Å². The summed E-state index contributed by atoms with van der Waals surface area (Å²) in [6, 6.07) is 0.434. The van der Waals surface area contributed by atoms with Gasteiger partial charge in [-0.25, -0.2) is 22.8 Å². The van der Waals surface area contributed by atoms with Crippen LogP contribution in [0.4, 0.5) is 18.0 Å². The summed E-state index contributed by atoms with van der Waals surface area (Å²) >= 11 is 0. The summed E-state index contributed by atoms with van der Waals surface area (Å²) in [6.45, 7) is 4.84. The van der Waals surface area contributed by atoms with E-state index in [1.807, 2.05) is 0 Å². The molecular formula is C19H22F3NO6. The fraction of sp³-hybridized carbons (Fsp3) is 0.526. The molecule has 1 aliphatic rings. The number of amides is 1. The van der Waals surface area contributed by atoms with Gasteiger partial charge in [0.1, 0.15) is 17.0 Å². The lowest BCUT2D eigenvalue weighted by Gasteiger charge is -2.30. The molecule has 29 heavy (non-hydrogen) atoms. The molecule has 1 fully saturated rings. The highest BCUT2D eigenvalue weighted by Crippen LogP contribution is 2.24. The minimum Gasteiger partial charge on any atom is -0.465 e. The highest BCUT2D eigenvalue weighted by atomic mass is 19.2. The van der Waals surface area contributed by atoms with Crippen LogP contribution in [0.5, 0.6) is 0 Å². The number of ketones is 1. The van der Waals surface area contributed by atoms with Gasteiger partial charge >= 0.3 is 12.1 Å². The third-order valence-electron chi connectivity index (χ3n) is 4.16. The first kappa shape index (κ1) is 22.7. The predicted octanol–water partition coefficient (Wildman–Crippen LogP) is 3.40. The van der Waals surface area contributed by atoms with Gasteiger partial charge in [-0.1, -0.05) is 0 Å². The zero-order valence-corrected chi connectivity index (χ0v) is 16.3. The zero-order chi connectivity index (χ0) is 21.9. The number of halogens is 3. The number of Topliss-reactive ketones (excluding diaryl/α,β-unsaturated/α-hetero) is 1. The van der Waals surface area contributed by atoms with Crippen LogP contribution in [0.1, 0.15) is 54.3 Å². The maximum Gasteiger partial charge on any atom is 0.407 e. The summed E-state index contributed by atoms with van der Waals surface area (Å²) in [7, 11) is 0. The van der Waals surface area contributed by atoms with Crippen LogP contribution in [0, 0.1) is 17.5 Å². The van der Waals surface area contributed by atoms with E-state index in [4.69, 9.17) is 14.6 Å². The van der Waals surface area contributed by atoms with Crippen molar-refractivity contribution in [2.24, 2.45) is 0 Å². The van der Waals surface area contributed by atoms with Crippen LogP contribution in [-0.4, -0.2) is 59.3 Å². The molecule has 0 spiro atoms. The number of hydrogen-bond donors (Lipinski definition) is 1. The minimum atomic E-state index is -1.77. The Morgan fingerprint density at radius 3 is 2.48 bits per heavy atom. The average molecular weight is 417 g/mol. The van der Waals surface area contributed by atoms with E-state index in [2.05, 4.69) is 0 Å². The molecule has 10 heteroatoms. The minimum absolute atomic E-state index is 0.00305. The van der Waals surface area contributed by atoms with Crippen molar-refractivity contribution in [1.29, 1.82) is 0 Å². The van der Waals surface area contributed by atoms with Crippen molar-refractivity contribution in [2.75, 3.05) is 19.7 Å². The van der Waals surface area contributed by atoms with Crippen molar-refractivity contribution in [3.05, 3.63) is 34.6 Å². The molecule has 1 N–H and O–H groups in total. The molecule has 1 aliphatic heterocycles. The second-order valence-corrected chi connectivity index (χ2v) is 7.59. The third-order valence-corrected chi connectivity index (χ3v) is 4.16. The molecule has 1 heterocycles. The Bertz CT molecular complexity index is 821. The number of nitrogens with zero attached hydrogens (tertiary/aromatic N) is 1. The number of carbonyl (C=O) groups excluding carboxylic acids is 2. The summed E-state index contributed by atoms with van der Waals surface area (Å²) in [4.78, 5) is 36.3. The first-order valence-corrected chi connectivity index (χ1v) is 8.94. The molecule has 2 rings (SSSR count). The molecule has 1 atom stereocenters. The first-order valence-electron chi connectivity index (χ1n) is 8.94. The van der Waals surface area contributed by atoms with E-state index in [1.165, 1.54) is 20.8 Å². The number of morpholine rings is 1. The van der Waals surface area contributed by atoms with E-state index in [9.17, 15) is 27.6 Å². The molecule has 1 amide bonds. The smallest absolute Gasteiger partial charge is 0.407 e. The van der Waals surface area contributed by atoms with E-state index in [0.29, 0.717) is 6.07 Å². The maximum absolute atomic E-state index is 14.3. The number of ether oxygens (including phenoxy) is 2. The van der Waals surface area contributed by atoms with Crippen LogP contribution in [0.15, 0.2) is 6.07 Å². The molecule has 7 nitrogen and oxygen atoms in total. The van der Waals surface area contributed by atoms with Crippen LogP contribution in [-0.2, 0) is 9.47 Å². The van der Waals surface area contributed by atoms with Gasteiger partial charge in [0.15, 0.2) is 17.4 Å². The summed E-state index contributed by atoms with van der Waals surface area (Å²) < 4.78 is 53.2. The molecule has 0 unspecified atom stereocenters. The lowest BCUT2D eigenvalue weighted by atomic mass is 10.0. The Morgan fingerprint density at radius 1 is 1.24 bits per heavy atom. The second-order valence-electron chi connectivity index (χ2n) is 7.59. The number of benzene rings is 1. The molecular weight excluding hydrogens is 395 g/mol. The van der Waals surface area contributed by atoms with Gasteiger partial charge in [0.05, 0.1) is 24.8 Å². The lowest BCUT2D eigenvalue weighted by Crippen LogP contribution is -2.45. The molecule has 0 radical (unpaired) electrons. The Balaban J connectivity index is 2.14. The number of esters is 1. The molecule has 0 aliphatic carbocycles. The highest BCUT2D eigenvalue weighted by Gasteiger charge is 2.30. The Morgan fingerprint density at radius 2 is 1.90 bits per heavy atom. The highest BCUT2D eigenvalue weighted by molar-refractivity contribution is 5.98. The fourth-order valence-electron chi connectivity index (χ4n) is 2.82. The van der Waals surface area contributed by atoms with Gasteiger partial charge in [0.2, 0.25) is 0 Å². The maximum atomic E-state index is 14.3. The average Bonchev–Trinajstić information content (AvgIpc) is 2.61. The Hall–Kier alpha value is -2.62. The van der Waals surface area contributed by atoms with Gasteiger partial charge in [-0.15, -0.1) is 0 Å². The third kappa shape index (κ3) is 5.69. The largest absolute Gasteiger partial charge is 0.465 e. The van der Waals surface area contributed by atoms with Gasteiger partial charge in [-0.05, 0) is 33.3 Å². The molecule has 0 aromatic heterocycles. The number of carboxylic acid groups (broad SMARTS) is 1. The first-order chi connectivity index (χ1) is 13.4. The molecule has 160 valence electrons. The van der Waals surface area contributed by atoms with E-state index >= 15 is 0 Å². The summed E-state index contributed by atoms with van der Waals surface area (Å²) in [5.41, 5.74) is -3.05. The zero-order valence-electron chi connectivity index (χ0n) is 16.3. The van der Waals surface area contributed by atoms with Crippen LogP contribution in [0.3, 0.4) is 0 Å². The van der Waals surface area contributed by atoms with Crippen LogP contribution >= 0.6 is 0 Å². The van der Waals surface area contributed by atoms with Gasteiger partial charge in [-0.3, -0.25) is 4.79 Å². The normalized spacial score (nSPS) is 17.2. The van der Waals surface area contributed by atoms with Crippen molar-refractivity contribution in [1.82, 2.24) is 4.90 Å². The summed E-state index contributed by atoms with van der Waals surface area (Å²) in [5.74, 6) is -7.10. The fourth-order valence-corrected chi connectivity index (χ4v) is 2.82. The second kappa shape index (κ2) is 8.81. The summed E-state index contributed by atoms with van der Waals surface area (Å²) in [6.07, 6.45) is -2.16. The van der Waals surface area contributed by atoms with Crippen molar-refractivity contribution < 1.29 is 42.1 Å². The van der Waals surface area contributed by atoms with E-state index in [1.54, 1.807) is 0 Å². The van der Waals surface area contributed by atoms with Gasteiger partial charge < -0.3 is 19.5 Å². The molecule has 1 aromatic rings. The quantitative estimate of drug-likeness (QED) is 0.448. The van der Waals surface area contributed by atoms with Crippen molar-refractivity contribution in [3.63, 3.8) is 0 Å². The molecule has 0 saturated carbocycles. The van der Waals surface area contributed by atoms with Gasteiger partial charge in [0, 0.05) is 13.0 Å². The SMILES string of the molecule is CC(C)(C)OC(=O)c1cc(F)c(C(=O)CC[C@H]2CN(C(=O)O)CCO2)c(F)c1F. The van der Waals surface area contributed by atoms with E-state index in [0.717, 1.165) is 4.90 Å². The van der Waals surface area contributed by atoms with E-state index in [-0.39, 0.29) is 26.1 Å². The number of carbonyl (C=O) groups is 3. The number of rotatable bonds is 5. The van der Waals surface area contributed by atoms with Crippen molar-refractivity contribution in [3.8, 4) is 0 Å². The van der Waals surface area contributed by atoms with Gasteiger partial charge in [0.25, 0.3) is 0 Å². The molecule has 1 saturated heterocycles. The topological polar surface area (TPSA) is 93.1 Å². The van der Waals surface area contributed by atoms with Crippen LogP contribution in [0.25, 0.3) is 0 Å². The standard InChI is InChI=1S/C19H22F3NO6/c1-19(2,3)29-17(25)11-8-12(20)14(16(22)15(11)21)13(24)5-4-10-9-23(18(26)27)6-7-28-10/h8,10H,4-7,9H2,1-3H3,(H,26,27)/t10-/m0/s1.